The van der Waals surface area contributed by atoms with Crippen LogP contribution in [0.4, 0.5) is 0 Å². The Balaban J connectivity index is 1.98. The number of esters is 1. The summed E-state index contributed by atoms with van der Waals surface area (Å²) in [6.07, 6.45) is -0.0698. The molecule has 2 aromatic carbocycles. The molecule has 0 fully saturated rings. The molecule has 0 saturated heterocycles. The lowest BCUT2D eigenvalue weighted by molar-refractivity contribution is -0.139. The molecule has 1 N–H and O–H groups in total. The van der Waals surface area contributed by atoms with E-state index in [0.717, 1.165) is 11.3 Å². The lowest BCUT2D eigenvalue weighted by Crippen LogP contribution is -2.20. The number of hydrogen-bond donors (Lipinski definition) is 1. The predicted octanol–water partition coefficient (Wildman–Crippen LogP) is 2.91. The van der Waals surface area contributed by atoms with E-state index in [0.29, 0.717) is 35.0 Å². The summed E-state index contributed by atoms with van der Waals surface area (Å²) in [5.41, 5.74) is 2.63. The van der Waals surface area contributed by atoms with E-state index >= 15 is 0 Å². The van der Waals surface area contributed by atoms with Crippen LogP contribution in [0.3, 0.4) is 0 Å². The summed E-state index contributed by atoms with van der Waals surface area (Å²) in [5, 5.41) is 3.03. The van der Waals surface area contributed by atoms with Crippen molar-refractivity contribution in [2.45, 2.75) is 19.9 Å². The highest BCUT2D eigenvalue weighted by atomic mass is 16.5. The number of rotatable bonds is 8. The van der Waals surface area contributed by atoms with E-state index in [-0.39, 0.29) is 12.0 Å². The Hall–Kier alpha value is -3.81. The van der Waals surface area contributed by atoms with Gasteiger partial charge in [-0.25, -0.2) is 4.68 Å². The minimum atomic E-state index is -0.452. The van der Waals surface area contributed by atoms with Crippen LogP contribution in [0.5, 0.6) is 11.5 Å². The first-order valence-electron chi connectivity index (χ1n) is 9.66. The Kier molecular flexibility index (Phi) is 6.92. The Morgan fingerprint density at radius 1 is 0.968 bits per heavy atom. The molecule has 0 saturated carbocycles. The molecule has 8 heteroatoms. The number of benzene rings is 2. The molecule has 0 atom stereocenters. The predicted molar refractivity (Wildman–Crippen MR) is 118 cm³/mol. The number of aliphatic imine (C=N–C) groups is 1. The van der Waals surface area contributed by atoms with Crippen LogP contribution in [0.15, 0.2) is 58.3 Å². The number of aromatic amines is 1. The van der Waals surface area contributed by atoms with Crippen molar-refractivity contribution in [3.05, 3.63) is 75.7 Å². The standard InChI is InChI=1S/C23H25N3O5/c1-15(24-14-16-5-9-18(29-2)10-6-16)22-20(13-21(27)31-4)25-26(23(22)28)17-7-11-19(30-3)12-8-17/h5-12,25H,13-14H2,1-4H3. The maximum atomic E-state index is 13.2. The molecular formula is C23H25N3O5. The number of methoxy groups -OCH3 is 3. The molecule has 0 spiro atoms. The van der Waals surface area contributed by atoms with Crippen molar-refractivity contribution >= 4 is 11.7 Å². The van der Waals surface area contributed by atoms with Crippen LogP contribution in [0.2, 0.25) is 0 Å². The smallest absolute Gasteiger partial charge is 0.311 e. The highest BCUT2D eigenvalue weighted by Gasteiger charge is 2.20. The number of ether oxygens (including phenoxy) is 3. The molecule has 0 bridgehead atoms. The Labute approximate surface area is 180 Å². The van der Waals surface area contributed by atoms with E-state index in [1.807, 2.05) is 24.3 Å². The third-order valence-electron chi connectivity index (χ3n) is 4.86. The van der Waals surface area contributed by atoms with Crippen molar-refractivity contribution in [3.8, 4) is 17.2 Å². The number of nitrogens with zero attached hydrogens (tertiary/aromatic N) is 2. The lowest BCUT2D eigenvalue weighted by atomic mass is 10.1. The zero-order valence-corrected chi connectivity index (χ0v) is 18.0. The zero-order chi connectivity index (χ0) is 22.4. The van der Waals surface area contributed by atoms with Gasteiger partial charge < -0.3 is 14.2 Å². The van der Waals surface area contributed by atoms with E-state index in [9.17, 15) is 9.59 Å². The minimum Gasteiger partial charge on any atom is -0.497 e. The van der Waals surface area contributed by atoms with E-state index in [2.05, 4.69) is 10.1 Å². The van der Waals surface area contributed by atoms with Crippen molar-refractivity contribution < 1.29 is 19.0 Å². The van der Waals surface area contributed by atoms with Gasteiger partial charge in [0, 0.05) is 5.71 Å². The van der Waals surface area contributed by atoms with Crippen LogP contribution in [0.1, 0.15) is 23.7 Å². The largest absolute Gasteiger partial charge is 0.497 e. The topological polar surface area (TPSA) is 94.9 Å². The van der Waals surface area contributed by atoms with Crippen molar-refractivity contribution in [2.24, 2.45) is 4.99 Å². The fourth-order valence-corrected chi connectivity index (χ4v) is 3.13. The van der Waals surface area contributed by atoms with Gasteiger partial charge in [0.05, 0.1) is 51.2 Å². The second-order valence-electron chi connectivity index (χ2n) is 6.81. The second-order valence-corrected chi connectivity index (χ2v) is 6.81. The molecule has 8 nitrogen and oxygen atoms in total. The van der Waals surface area contributed by atoms with E-state index in [4.69, 9.17) is 14.2 Å². The maximum absolute atomic E-state index is 13.2. The van der Waals surface area contributed by atoms with Crippen LogP contribution >= 0.6 is 0 Å². The molecule has 1 heterocycles. The van der Waals surface area contributed by atoms with Gasteiger partial charge in [-0.05, 0) is 48.9 Å². The SMILES string of the molecule is COC(=O)Cc1[nH]n(-c2ccc(OC)cc2)c(=O)c1C(C)=NCc1ccc(OC)cc1. The molecule has 3 aromatic rings. The number of H-pyrrole nitrogens is 1. The monoisotopic (exact) mass is 423 g/mol. The quantitative estimate of drug-likeness (QED) is 0.444. The third-order valence-corrected chi connectivity index (χ3v) is 4.86. The van der Waals surface area contributed by atoms with Gasteiger partial charge in [-0.3, -0.25) is 19.7 Å². The number of carbonyl (C=O) groups excluding carboxylic acids is 1. The fourth-order valence-electron chi connectivity index (χ4n) is 3.13. The average molecular weight is 423 g/mol. The first kappa shape index (κ1) is 21.9. The molecule has 0 aliphatic heterocycles. The summed E-state index contributed by atoms with van der Waals surface area (Å²) in [7, 11) is 4.50. The van der Waals surface area contributed by atoms with Gasteiger partial charge in [-0.1, -0.05) is 12.1 Å². The molecule has 31 heavy (non-hydrogen) atoms. The van der Waals surface area contributed by atoms with Gasteiger partial charge in [0.1, 0.15) is 11.5 Å². The van der Waals surface area contributed by atoms with Gasteiger partial charge in [0.25, 0.3) is 5.56 Å². The molecule has 162 valence electrons. The molecule has 0 amide bonds. The number of hydrogen-bond acceptors (Lipinski definition) is 6. The summed E-state index contributed by atoms with van der Waals surface area (Å²) in [6, 6.07) is 14.6. The highest BCUT2D eigenvalue weighted by molar-refractivity contribution is 6.00. The lowest BCUT2D eigenvalue weighted by Gasteiger charge is -2.04. The summed E-state index contributed by atoms with van der Waals surface area (Å²) in [6.45, 7) is 2.15. The summed E-state index contributed by atoms with van der Waals surface area (Å²) < 4.78 is 16.5. The third kappa shape index (κ3) is 5.03. The van der Waals surface area contributed by atoms with Gasteiger partial charge in [-0.15, -0.1) is 0 Å². The van der Waals surface area contributed by atoms with Crippen LogP contribution < -0.4 is 15.0 Å². The normalized spacial score (nSPS) is 11.3. The van der Waals surface area contributed by atoms with Crippen molar-refractivity contribution in [3.63, 3.8) is 0 Å². The van der Waals surface area contributed by atoms with Crippen LogP contribution in [-0.2, 0) is 22.5 Å². The van der Waals surface area contributed by atoms with Crippen molar-refractivity contribution in [1.82, 2.24) is 9.78 Å². The molecule has 0 aliphatic carbocycles. The molecule has 0 unspecified atom stereocenters. The van der Waals surface area contributed by atoms with Crippen LogP contribution in [0, 0.1) is 0 Å². The summed E-state index contributed by atoms with van der Waals surface area (Å²) >= 11 is 0. The Bertz CT molecular complexity index is 1130. The Morgan fingerprint density at radius 2 is 1.55 bits per heavy atom. The maximum Gasteiger partial charge on any atom is 0.311 e. The van der Waals surface area contributed by atoms with Crippen LogP contribution in [-0.4, -0.2) is 42.8 Å². The van der Waals surface area contributed by atoms with Gasteiger partial charge in [0.15, 0.2) is 0 Å². The number of nitrogens with one attached hydrogen (secondary N) is 1. The minimum absolute atomic E-state index is 0.0698. The molecule has 1 aromatic heterocycles. The molecule has 0 aliphatic rings. The molecule has 0 radical (unpaired) electrons. The van der Waals surface area contributed by atoms with E-state index < -0.39 is 5.97 Å². The van der Waals surface area contributed by atoms with E-state index in [1.54, 1.807) is 45.4 Å². The van der Waals surface area contributed by atoms with Gasteiger partial charge in [0.2, 0.25) is 0 Å². The molecule has 3 rings (SSSR count). The number of aromatic nitrogens is 2. The van der Waals surface area contributed by atoms with Gasteiger partial charge >= 0.3 is 5.97 Å². The Morgan fingerprint density at radius 3 is 2.10 bits per heavy atom. The highest BCUT2D eigenvalue weighted by Crippen LogP contribution is 2.16. The summed E-state index contributed by atoms with van der Waals surface area (Å²) in [5.74, 6) is 0.987. The average Bonchev–Trinajstić information content (AvgIpc) is 3.13. The summed E-state index contributed by atoms with van der Waals surface area (Å²) in [4.78, 5) is 29.7. The fraction of sp³-hybridized carbons (Fsp3) is 0.261. The first-order chi connectivity index (χ1) is 15.0. The van der Waals surface area contributed by atoms with Crippen molar-refractivity contribution in [1.29, 1.82) is 0 Å². The van der Waals surface area contributed by atoms with Gasteiger partial charge in [-0.2, -0.15) is 0 Å². The first-order valence-corrected chi connectivity index (χ1v) is 9.66. The number of carbonyl (C=O) groups is 1. The van der Waals surface area contributed by atoms with Crippen LogP contribution in [0.25, 0.3) is 5.69 Å². The molecular weight excluding hydrogens is 398 g/mol. The zero-order valence-electron chi connectivity index (χ0n) is 18.0. The second kappa shape index (κ2) is 9.80. The van der Waals surface area contributed by atoms with Crippen molar-refractivity contribution in [2.75, 3.05) is 21.3 Å². The van der Waals surface area contributed by atoms with E-state index in [1.165, 1.54) is 11.8 Å².